The van der Waals surface area contributed by atoms with E-state index in [4.69, 9.17) is 9.97 Å². The molecule has 0 saturated carbocycles. The van der Waals surface area contributed by atoms with E-state index in [0.29, 0.717) is 5.82 Å². The van der Waals surface area contributed by atoms with E-state index in [0.717, 1.165) is 60.9 Å². The molecule has 3 heterocycles. The molecule has 0 N–H and O–H groups in total. The molecule has 14 rings (SSSR count). The molecule has 0 radical (unpaired) electrons. The lowest BCUT2D eigenvalue weighted by Crippen LogP contribution is -2.14. The van der Waals surface area contributed by atoms with E-state index in [2.05, 4.69) is 241 Å². The highest BCUT2D eigenvalue weighted by Gasteiger charge is 2.35. The number of aromatic nitrogens is 4. The third-order valence-electron chi connectivity index (χ3n) is 14.5. The van der Waals surface area contributed by atoms with Crippen LogP contribution in [0.2, 0.25) is 0 Å². The summed E-state index contributed by atoms with van der Waals surface area (Å²) in [6.07, 6.45) is 0. The van der Waals surface area contributed by atoms with Crippen LogP contribution in [0.3, 0.4) is 0 Å². The molecule has 67 heavy (non-hydrogen) atoms. The Morgan fingerprint density at radius 3 is 1.88 bits per heavy atom. The molecule has 0 atom stereocenters. The van der Waals surface area contributed by atoms with Crippen LogP contribution in [0.5, 0.6) is 0 Å². The van der Waals surface area contributed by atoms with Crippen molar-refractivity contribution in [1.29, 1.82) is 0 Å². The van der Waals surface area contributed by atoms with Crippen LogP contribution in [0.1, 0.15) is 25.0 Å². The highest BCUT2D eigenvalue weighted by Crippen LogP contribution is 2.50. The van der Waals surface area contributed by atoms with Crippen molar-refractivity contribution in [1.82, 2.24) is 19.1 Å². The number of hydrogen-bond acceptors (Lipinski definition) is 2. The van der Waals surface area contributed by atoms with Gasteiger partial charge in [-0.2, -0.15) is 0 Å². The molecule has 0 fully saturated rings. The van der Waals surface area contributed by atoms with Gasteiger partial charge in [0.25, 0.3) is 0 Å². The lowest BCUT2D eigenvalue weighted by atomic mass is 9.82. The van der Waals surface area contributed by atoms with Gasteiger partial charge in [0.2, 0.25) is 0 Å². The van der Waals surface area contributed by atoms with Gasteiger partial charge in [-0.3, -0.25) is 0 Å². The molecule has 0 saturated heterocycles. The Morgan fingerprint density at radius 2 is 1.00 bits per heavy atom. The van der Waals surface area contributed by atoms with Gasteiger partial charge in [-0.05, 0) is 105 Å². The van der Waals surface area contributed by atoms with Crippen molar-refractivity contribution in [2.45, 2.75) is 19.3 Å². The van der Waals surface area contributed by atoms with Crippen molar-refractivity contribution in [3.8, 4) is 56.3 Å². The van der Waals surface area contributed by atoms with Crippen LogP contribution in [0.25, 0.3) is 122 Å². The van der Waals surface area contributed by atoms with Crippen molar-refractivity contribution >= 4 is 65.3 Å². The average Bonchev–Trinajstić information content (AvgIpc) is 3.99. The fraction of sp³-hybridized carbons (Fsp3) is 0.0476. The molecule has 3 aromatic heterocycles. The zero-order valence-electron chi connectivity index (χ0n) is 37.1. The molecule has 4 nitrogen and oxygen atoms in total. The van der Waals surface area contributed by atoms with E-state index in [1.165, 1.54) is 66.0 Å². The van der Waals surface area contributed by atoms with Gasteiger partial charge in [0, 0.05) is 60.2 Å². The van der Waals surface area contributed by atoms with Crippen LogP contribution in [0.15, 0.2) is 218 Å². The minimum atomic E-state index is -0.0767. The smallest absolute Gasteiger partial charge is 0.160 e. The second kappa shape index (κ2) is 14.2. The molecular weight excluding hydrogens is 813 g/mol. The SMILES string of the molecule is CC1(C)c2ccccc2-c2cc(-c3nc(-c4cccc(-n5c6ccccc6c6cc(-c7cccc8c7c7ccccc7n8-c7ccccc7)ccc65)c4)nc4c3ccc3ccccc34)ccc21. The maximum absolute atomic E-state index is 5.50. The number of fused-ring (bicyclic) bond motifs is 12. The highest BCUT2D eigenvalue weighted by atomic mass is 15.0. The normalized spacial score (nSPS) is 13.0. The van der Waals surface area contributed by atoms with Crippen molar-refractivity contribution < 1.29 is 0 Å². The first-order chi connectivity index (χ1) is 33.0. The molecule has 0 aliphatic heterocycles. The van der Waals surface area contributed by atoms with Crippen LogP contribution in [0, 0.1) is 0 Å². The number of rotatable bonds is 5. The number of nitrogens with zero attached hydrogens (tertiary/aromatic N) is 4. The van der Waals surface area contributed by atoms with Gasteiger partial charge in [-0.1, -0.05) is 166 Å². The standard InChI is InChI=1S/C63H42N4/c1-63(2)53-26-11-8-22-47(53)51-38-41(31-34-54(51)63)60-50-33-30-39-16-6-7-21-46(39)61(50)65-62(64-60)42-17-14-20-44(36-42)67-55-27-12-9-23-48(55)52-37-40(32-35-57(52)67)45-25-15-29-58-59(45)49-24-10-13-28-56(49)66(58)43-18-4-3-5-19-43/h3-38H,1-2H3. The summed E-state index contributed by atoms with van der Waals surface area (Å²) in [6.45, 7) is 4.66. The summed E-state index contributed by atoms with van der Waals surface area (Å²) in [6, 6.07) is 79.5. The van der Waals surface area contributed by atoms with Gasteiger partial charge in [-0.25, -0.2) is 9.97 Å². The lowest BCUT2D eigenvalue weighted by molar-refractivity contribution is 0.660. The summed E-state index contributed by atoms with van der Waals surface area (Å²) in [5, 5.41) is 8.24. The molecule has 1 aliphatic carbocycles. The van der Waals surface area contributed by atoms with Gasteiger partial charge in [0.1, 0.15) is 0 Å². The highest BCUT2D eigenvalue weighted by molar-refractivity contribution is 6.17. The fourth-order valence-corrected chi connectivity index (χ4v) is 11.4. The molecular formula is C63H42N4. The summed E-state index contributed by atoms with van der Waals surface area (Å²) in [4.78, 5) is 10.9. The molecule has 0 bridgehead atoms. The lowest BCUT2D eigenvalue weighted by Gasteiger charge is -2.21. The average molecular weight is 855 g/mol. The van der Waals surface area contributed by atoms with Crippen molar-refractivity contribution in [2.75, 3.05) is 0 Å². The molecule has 314 valence electrons. The van der Waals surface area contributed by atoms with E-state index in [-0.39, 0.29) is 5.41 Å². The summed E-state index contributed by atoms with van der Waals surface area (Å²) >= 11 is 0. The molecule has 13 aromatic rings. The minimum Gasteiger partial charge on any atom is -0.309 e. The zero-order valence-corrected chi connectivity index (χ0v) is 37.1. The number of para-hydroxylation sites is 3. The summed E-state index contributed by atoms with van der Waals surface area (Å²) in [5.74, 6) is 0.702. The summed E-state index contributed by atoms with van der Waals surface area (Å²) < 4.78 is 4.79. The van der Waals surface area contributed by atoms with Crippen LogP contribution in [0.4, 0.5) is 0 Å². The summed E-state index contributed by atoms with van der Waals surface area (Å²) in [7, 11) is 0. The zero-order chi connectivity index (χ0) is 44.4. The molecule has 0 spiro atoms. The van der Waals surface area contributed by atoms with E-state index in [9.17, 15) is 0 Å². The summed E-state index contributed by atoms with van der Waals surface area (Å²) in [5.41, 5.74) is 18.5. The van der Waals surface area contributed by atoms with E-state index < -0.39 is 0 Å². The molecule has 0 amide bonds. The molecule has 1 aliphatic rings. The van der Waals surface area contributed by atoms with Crippen LogP contribution < -0.4 is 0 Å². The first kappa shape index (κ1) is 37.7. The molecule has 0 unspecified atom stereocenters. The van der Waals surface area contributed by atoms with Crippen molar-refractivity contribution in [3.63, 3.8) is 0 Å². The van der Waals surface area contributed by atoms with E-state index in [1.54, 1.807) is 0 Å². The predicted molar refractivity (Wildman–Crippen MR) is 280 cm³/mol. The Hall–Kier alpha value is -8.60. The Morgan fingerprint density at radius 1 is 0.358 bits per heavy atom. The molecule has 4 heteroatoms. The molecule has 10 aromatic carbocycles. The minimum absolute atomic E-state index is 0.0767. The second-order valence-electron chi connectivity index (χ2n) is 18.5. The Balaban J connectivity index is 0.942. The first-order valence-corrected chi connectivity index (χ1v) is 23.2. The predicted octanol–water partition coefficient (Wildman–Crippen LogP) is 16.3. The van der Waals surface area contributed by atoms with Gasteiger partial charge in [-0.15, -0.1) is 0 Å². The van der Waals surface area contributed by atoms with Gasteiger partial charge >= 0.3 is 0 Å². The Bertz CT molecular complexity index is 4190. The topological polar surface area (TPSA) is 35.6 Å². The van der Waals surface area contributed by atoms with Crippen molar-refractivity contribution in [2.24, 2.45) is 0 Å². The second-order valence-corrected chi connectivity index (χ2v) is 18.5. The largest absolute Gasteiger partial charge is 0.309 e. The van der Waals surface area contributed by atoms with Crippen LogP contribution in [-0.2, 0) is 5.41 Å². The third-order valence-corrected chi connectivity index (χ3v) is 14.5. The number of hydrogen-bond donors (Lipinski definition) is 0. The van der Waals surface area contributed by atoms with Gasteiger partial charge < -0.3 is 9.13 Å². The first-order valence-electron chi connectivity index (χ1n) is 23.2. The maximum atomic E-state index is 5.50. The van der Waals surface area contributed by atoms with Crippen molar-refractivity contribution in [3.05, 3.63) is 230 Å². The maximum Gasteiger partial charge on any atom is 0.160 e. The Kier molecular flexibility index (Phi) is 8.00. The van der Waals surface area contributed by atoms with Crippen LogP contribution in [-0.4, -0.2) is 19.1 Å². The van der Waals surface area contributed by atoms with E-state index in [1.807, 2.05) is 0 Å². The fourth-order valence-electron chi connectivity index (χ4n) is 11.4. The van der Waals surface area contributed by atoms with Gasteiger partial charge in [0.05, 0.1) is 33.3 Å². The quantitative estimate of drug-likeness (QED) is 0.162. The van der Waals surface area contributed by atoms with Crippen LogP contribution >= 0.6 is 0 Å². The Labute approximate surface area is 387 Å². The number of benzene rings is 10. The van der Waals surface area contributed by atoms with Gasteiger partial charge in [0.15, 0.2) is 5.82 Å². The van der Waals surface area contributed by atoms with E-state index >= 15 is 0 Å². The monoisotopic (exact) mass is 854 g/mol. The third kappa shape index (κ3) is 5.54.